The molecule has 0 aliphatic carbocycles. The number of carbonyl (C=O) groups is 1. The molecule has 38 heavy (non-hydrogen) atoms. The van der Waals surface area contributed by atoms with Crippen molar-refractivity contribution in [2.75, 3.05) is 13.6 Å². The molecular formula is C28H53NO9. The van der Waals surface area contributed by atoms with Gasteiger partial charge >= 0.3 is 5.97 Å². The van der Waals surface area contributed by atoms with E-state index in [1.807, 2.05) is 25.8 Å². The number of aliphatic hydroxyl groups is 5. The van der Waals surface area contributed by atoms with Crippen LogP contribution in [-0.2, 0) is 19.0 Å². The fourth-order valence-electron chi connectivity index (χ4n) is 6.13. The van der Waals surface area contributed by atoms with Gasteiger partial charge in [-0.3, -0.25) is 4.79 Å². The van der Waals surface area contributed by atoms with E-state index in [0.29, 0.717) is 19.4 Å². The van der Waals surface area contributed by atoms with Gasteiger partial charge in [-0.1, -0.05) is 20.8 Å². The van der Waals surface area contributed by atoms with Crippen LogP contribution in [0.4, 0.5) is 0 Å². The molecule has 2 heterocycles. The number of hydrogen-bond acceptors (Lipinski definition) is 10. The second-order valence-corrected chi connectivity index (χ2v) is 12.5. The lowest BCUT2D eigenvalue weighted by Gasteiger charge is -2.44. The predicted molar refractivity (Wildman–Crippen MR) is 142 cm³/mol. The van der Waals surface area contributed by atoms with Gasteiger partial charge < -0.3 is 44.6 Å². The van der Waals surface area contributed by atoms with Gasteiger partial charge in [-0.05, 0) is 73.3 Å². The van der Waals surface area contributed by atoms with E-state index >= 15 is 0 Å². The molecule has 0 aromatic heterocycles. The topological polar surface area (TPSA) is 149 Å². The first-order chi connectivity index (χ1) is 17.4. The zero-order valence-electron chi connectivity index (χ0n) is 24.7. The summed E-state index contributed by atoms with van der Waals surface area (Å²) in [5.41, 5.74) is -3.20. The minimum Gasteiger partial charge on any atom is -0.459 e. The molecule has 2 aliphatic rings. The number of esters is 1. The van der Waals surface area contributed by atoms with E-state index < -0.39 is 71.9 Å². The highest BCUT2D eigenvalue weighted by Crippen LogP contribution is 2.36. The molecule has 224 valence electrons. The van der Waals surface area contributed by atoms with Crippen LogP contribution in [0.15, 0.2) is 0 Å². The Morgan fingerprint density at radius 1 is 1.05 bits per heavy atom. The standard InChI is InChI=1S/C28H53NO9/c1-10-21-28(8,35)23(32)19(6)29(9)14-15(2)13-27(7,34)24(17(4)22(31)18(5)25(33)37-21)38-26-20(30)12-11-16(3)36-26/h15-24,26,30-32,34-35H,10-14H2,1-9H3/t15-,16-,17+,18-,19+,20-,21+,22+,23-,24-,26+,27-,28-/m1/s1. The molecule has 2 rings (SSSR count). The van der Waals surface area contributed by atoms with Crippen molar-refractivity contribution in [1.82, 2.24) is 4.90 Å². The molecule has 5 N–H and O–H groups in total. The average Bonchev–Trinajstić information content (AvgIpc) is 2.83. The molecule has 13 atom stereocenters. The second-order valence-electron chi connectivity index (χ2n) is 12.5. The van der Waals surface area contributed by atoms with Crippen molar-refractivity contribution in [1.29, 1.82) is 0 Å². The molecular weight excluding hydrogens is 494 g/mol. The number of aliphatic hydroxyl groups excluding tert-OH is 3. The first-order valence-corrected chi connectivity index (χ1v) is 14.1. The smallest absolute Gasteiger partial charge is 0.311 e. The molecule has 10 nitrogen and oxygen atoms in total. The van der Waals surface area contributed by atoms with Crippen molar-refractivity contribution in [3.05, 3.63) is 0 Å². The van der Waals surface area contributed by atoms with E-state index in [-0.39, 0.29) is 24.9 Å². The molecule has 2 aliphatic heterocycles. The third-order valence-corrected chi connectivity index (χ3v) is 8.74. The van der Waals surface area contributed by atoms with Crippen molar-refractivity contribution < 1.29 is 44.5 Å². The maximum Gasteiger partial charge on any atom is 0.311 e. The Morgan fingerprint density at radius 3 is 2.24 bits per heavy atom. The van der Waals surface area contributed by atoms with Gasteiger partial charge in [0.2, 0.25) is 0 Å². The summed E-state index contributed by atoms with van der Waals surface area (Å²) < 4.78 is 17.8. The first-order valence-electron chi connectivity index (χ1n) is 14.1. The molecule has 0 radical (unpaired) electrons. The summed E-state index contributed by atoms with van der Waals surface area (Å²) in [5.74, 6) is -2.58. The van der Waals surface area contributed by atoms with Gasteiger partial charge in [0.15, 0.2) is 6.29 Å². The first kappa shape index (κ1) is 33.4. The van der Waals surface area contributed by atoms with Crippen molar-refractivity contribution in [3.63, 3.8) is 0 Å². The molecule has 0 spiro atoms. The van der Waals surface area contributed by atoms with Crippen LogP contribution < -0.4 is 0 Å². The molecule has 0 unspecified atom stereocenters. The second kappa shape index (κ2) is 13.2. The van der Waals surface area contributed by atoms with Crippen molar-refractivity contribution >= 4 is 5.97 Å². The fourth-order valence-corrected chi connectivity index (χ4v) is 6.13. The highest BCUT2D eigenvalue weighted by molar-refractivity contribution is 5.73. The Hall–Kier alpha value is -0.850. The number of cyclic esters (lactones) is 1. The SMILES string of the molecule is CC[C@@H]1OC(=O)[C@H](C)[C@@H](O)[C@H](C)[C@@H](O[C@@H]2O[C@H](C)CC[C@H]2O)[C@](C)(O)C[C@@H](C)CN(C)[C@@H](C)[C@@H](O)[C@]1(C)O. The monoisotopic (exact) mass is 547 g/mol. The van der Waals surface area contributed by atoms with Crippen molar-refractivity contribution in [3.8, 4) is 0 Å². The maximum absolute atomic E-state index is 13.2. The van der Waals surface area contributed by atoms with E-state index in [0.717, 1.165) is 0 Å². The summed E-state index contributed by atoms with van der Waals surface area (Å²) in [6, 6.07) is -0.489. The predicted octanol–water partition coefficient (Wildman–Crippen LogP) is 1.44. The van der Waals surface area contributed by atoms with Crippen molar-refractivity contribution in [2.45, 2.75) is 141 Å². The molecule has 0 bridgehead atoms. The molecule has 2 saturated heterocycles. The fraction of sp³-hybridized carbons (Fsp3) is 0.964. The van der Waals surface area contributed by atoms with Gasteiger partial charge in [-0.15, -0.1) is 0 Å². The van der Waals surface area contributed by atoms with E-state index in [1.54, 1.807) is 27.7 Å². The summed E-state index contributed by atoms with van der Waals surface area (Å²) in [7, 11) is 1.83. The molecule has 0 saturated carbocycles. The zero-order valence-corrected chi connectivity index (χ0v) is 24.7. The summed E-state index contributed by atoms with van der Waals surface area (Å²) in [5, 5.41) is 56.0. The van der Waals surface area contributed by atoms with Crippen LogP contribution >= 0.6 is 0 Å². The average molecular weight is 548 g/mol. The van der Waals surface area contributed by atoms with E-state index in [2.05, 4.69) is 0 Å². The van der Waals surface area contributed by atoms with E-state index in [4.69, 9.17) is 14.2 Å². The van der Waals surface area contributed by atoms with Crippen LogP contribution in [0.25, 0.3) is 0 Å². The Labute approximate surface area is 228 Å². The van der Waals surface area contributed by atoms with Crippen LogP contribution in [0, 0.1) is 17.8 Å². The quantitative estimate of drug-likeness (QED) is 0.329. The van der Waals surface area contributed by atoms with Gasteiger partial charge in [-0.25, -0.2) is 0 Å². The summed E-state index contributed by atoms with van der Waals surface area (Å²) in [6.07, 6.45) is -4.80. The lowest BCUT2D eigenvalue weighted by atomic mass is 9.78. The minimum atomic E-state index is -1.74. The Balaban J connectivity index is 2.49. The highest BCUT2D eigenvalue weighted by Gasteiger charge is 2.48. The molecule has 10 heteroatoms. The molecule has 0 amide bonds. The lowest BCUT2D eigenvalue weighted by molar-refractivity contribution is -0.289. The number of ether oxygens (including phenoxy) is 3. The number of rotatable bonds is 3. The van der Waals surface area contributed by atoms with Crippen LogP contribution in [0.2, 0.25) is 0 Å². The van der Waals surface area contributed by atoms with Crippen LogP contribution in [0.3, 0.4) is 0 Å². The summed E-state index contributed by atoms with van der Waals surface area (Å²) >= 11 is 0. The minimum absolute atomic E-state index is 0.0800. The van der Waals surface area contributed by atoms with E-state index in [1.165, 1.54) is 13.8 Å². The third kappa shape index (κ3) is 7.66. The maximum atomic E-state index is 13.2. The molecule has 0 aromatic rings. The number of carbonyl (C=O) groups excluding carboxylic acids is 1. The Bertz CT molecular complexity index is 763. The summed E-state index contributed by atoms with van der Waals surface area (Å²) in [4.78, 5) is 15.1. The Kier molecular flexibility index (Phi) is 11.6. The van der Waals surface area contributed by atoms with Crippen LogP contribution in [0.1, 0.15) is 81.1 Å². The number of nitrogens with zero attached hydrogens (tertiary/aromatic N) is 1. The molecule has 0 aromatic carbocycles. The van der Waals surface area contributed by atoms with Gasteiger partial charge in [0.1, 0.15) is 23.9 Å². The molecule has 2 fully saturated rings. The zero-order chi connectivity index (χ0) is 29.2. The van der Waals surface area contributed by atoms with Gasteiger partial charge in [-0.2, -0.15) is 0 Å². The van der Waals surface area contributed by atoms with Crippen LogP contribution in [0.5, 0.6) is 0 Å². The normalized spacial score (nSPS) is 49.1. The number of hydrogen-bond donors (Lipinski definition) is 5. The largest absolute Gasteiger partial charge is 0.459 e. The van der Waals surface area contributed by atoms with Gasteiger partial charge in [0, 0.05) is 18.5 Å². The van der Waals surface area contributed by atoms with Gasteiger partial charge in [0.25, 0.3) is 0 Å². The summed E-state index contributed by atoms with van der Waals surface area (Å²) in [6.45, 7) is 14.2. The highest BCUT2D eigenvalue weighted by atomic mass is 16.7. The van der Waals surface area contributed by atoms with Crippen molar-refractivity contribution in [2.24, 2.45) is 17.8 Å². The van der Waals surface area contributed by atoms with E-state index in [9.17, 15) is 30.3 Å². The van der Waals surface area contributed by atoms with Gasteiger partial charge in [0.05, 0.1) is 29.8 Å². The number of likely N-dealkylation sites (N-methyl/N-ethyl adjacent to an activating group) is 1. The lowest BCUT2D eigenvalue weighted by Crippen LogP contribution is -2.59. The Morgan fingerprint density at radius 2 is 1.66 bits per heavy atom. The van der Waals surface area contributed by atoms with Crippen LogP contribution in [-0.4, -0.2) is 110 Å². The third-order valence-electron chi connectivity index (χ3n) is 8.74.